The highest BCUT2D eigenvalue weighted by molar-refractivity contribution is 6.01. The lowest BCUT2D eigenvalue weighted by Crippen LogP contribution is -2.15. The summed E-state index contributed by atoms with van der Waals surface area (Å²) in [6, 6.07) is 3.46. The molecule has 0 atom stereocenters. The molecule has 0 aliphatic rings. The zero-order valence-corrected chi connectivity index (χ0v) is 10.9. The van der Waals surface area contributed by atoms with E-state index in [1.54, 1.807) is 0 Å². The second-order valence-electron chi connectivity index (χ2n) is 3.73. The number of aromatic carboxylic acids is 1. The number of carboxylic acids is 1. The maximum Gasteiger partial charge on any atom is 0.339 e. The Morgan fingerprint density at radius 2 is 1.86 bits per heavy atom. The molecule has 21 heavy (non-hydrogen) atoms. The van der Waals surface area contributed by atoms with E-state index in [0.29, 0.717) is 6.29 Å². The minimum atomic E-state index is -1.23. The van der Waals surface area contributed by atoms with Crippen molar-refractivity contribution in [2.24, 2.45) is 0 Å². The van der Waals surface area contributed by atoms with Crippen LogP contribution < -0.4 is 0 Å². The van der Waals surface area contributed by atoms with E-state index < -0.39 is 17.9 Å². The van der Waals surface area contributed by atoms with Crippen molar-refractivity contribution in [2.45, 2.75) is 0 Å². The van der Waals surface area contributed by atoms with Crippen LogP contribution in [0.15, 0.2) is 30.9 Å². The summed E-state index contributed by atoms with van der Waals surface area (Å²) in [6.45, 7) is 2.79. The van der Waals surface area contributed by atoms with Gasteiger partial charge in [-0.25, -0.2) is 14.4 Å². The first-order valence-electron chi connectivity index (χ1n) is 5.78. The van der Waals surface area contributed by atoms with Gasteiger partial charge in [-0.15, -0.1) is 0 Å². The van der Waals surface area contributed by atoms with Crippen LogP contribution in [0, 0.1) is 0 Å². The molecule has 110 valence electrons. The minimum absolute atomic E-state index is 0.00749. The molecule has 1 rings (SSSR count). The lowest BCUT2D eigenvalue weighted by molar-refractivity contribution is -0.138. The van der Waals surface area contributed by atoms with Gasteiger partial charge in [0.1, 0.15) is 13.2 Å². The Labute approximate surface area is 119 Å². The van der Waals surface area contributed by atoms with Gasteiger partial charge in [-0.05, 0) is 18.2 Å². The predicted octanol–water partition coefficient (Wildman–Crippen LogP) is 1.08. The number of carbonyl (C=O) groups is 4. The average Bonchev–Trinajstić information content (AvgIpc) is 2.50. The molecule has 0 saturated carbocycles. The van der Waals surface area contributed by atoms with Crippen LogP contribution in [0.4, 0.5) is 0 Å². The molecule has 1 N–H and O–H groups in total. The highest BCUT2D eigenvalue weighted by atomic mass is 16.6. The molecule has 7 heteroatoms. The van der Waals surface area contributed by atoms with E-state index in [0.717, 1.165) is 12.1 Å². The Hall–Kier alpha value is -2.96. The van der Waals surface area contributed by atoms with Gasteiger partial charge in [0, 0.05) is 11.6 Å². The first kappa shape index (κ1) is 16.1. The lowest BCUT2D eigenvalue weighted by Gasteiger charge is -2.07. The van der Waals surface area contributed by atoms with Crippen molar-refractivity contribution in [2.75, 3.05) is 13.2 Å². The second-order valence-corrected chi connectivity index (χ2v) is 3.73. The fourth-order valence-corrected chi connectivity index (χ4v) is 1.38. The van der Waals surface area contributed by atoms with E-state index in [2.05, 4.69) is 11.3 Å². The molecule has 0 bridgehead atoms. The van der Waals surface area contributed by atoms with Crippen molar-refractivity contribution >= 4 is 24.2 Å². The number of ether oxygens (including phenoxy) is 2. The van der Waals surface area contributed by atoms with Crippen molar-refractivity contribution in [3.05, 3.63) is 47.5 Å². The molecule has 7 nitrogen and oxygen atoms in total. The van der Waals surface area contributed by atoms with Crippen molar-refractivity contribution in [3.63, 3.8) is 0 Å². The van der Waals surface area contributed by atoms with Crippen LogP contribution >= 0.6 is 0 Å². The number of carboxylic acid groups (broad SMARTS) is 1. The van der Waals surface area contributed by atoms with Gasteiger partial charge < -0.3 is 14.6 Å². The number of esters is 2. The summed E-state index contributed by atoms with van der Waals surface area (Å²) in [4.78, 5) is 44.2. The van der Waals surface area contributed by atoms with Crippen LogP contribution in [0.3, 0.4) is 0 Å². The van der Waals surface area contributed by atoms with Crippen molar-refractivity contribution in [1.82, 2.24) is 0 Å². The van der Waals surface area contributed by atoms with Gasteiger partial charge in [-0.1, -0.05) is 6.58 Å². The summed E-state index contributed by atoms with van der Waals surface area (Å²) in [5.74, 6) is -2.77. The van der Waals surface area contributed by atoms with Crippen molar-refractivity contribution < 1.29 is 33.8 Å². The van der Waals surface area contributed by atoms with Crippen LogP contribution in [0.2, 0.25) is 0 Å². The maximum absolute atomic E-state index is 11.8. The molecule has 0 aliphatic carbocycles. The normalized spacial score (nSPS) is 9.52. The summed E-state index contributed by atoms with van der Waals surface area (Å²) >= 11 is 0. The van der Waals surface area contributed by atoms with E-state index in [4.69, 9.17) is 9.84 Å². The van der Waals surface area contributed by atoms with Crippen LogP contribution in [-0.4, -0.2) is 42.5 Å². The third-order valence-electron chi connectivity index (χ3n) is 2.37. The fraction of sp³-hybridized carbons (Fsp3) is 0.143. The topological polar surface area (TPSA) is 107 Å². The van der Waals surface area contributed by atoms with E-state index >= 15 is 0 Å². The maximum atomic E-state index is 11.8. The number of hydrogen-bond donors (Lipinski definition) is 1. The molecule has 0 amide bonds. The van der Waals surface area contributed by atoms with Gasteiger partial charge in [-0.3, -0.25) is 4.79 Å². The zero-order valence-electron chi connectivity index (χ0n) is 10.9. The molecule has 0 aliphatic heterocycles. The first-order valence-corrected chi connectivity index (χ1v) is 5.78. The fourth-order valence-electron chi connectivity index (χ4n) is 1.38. The summed E-state index contributed by atoms with van der Waals surface area (Å²) in [6.07, 6.45) is 1.38. The molecular formula is C14H12O7. The van der Waals surface area contributed by atoms with Crippen LogP contribution in [0.25, 0.3) is 0 Å². The SMILES string of the molecule is C=CC(=O)OCCOC(=O)c1cc(C(=O)O)ccc1C=O. The molecule has 0 fully saturated rings. The van der Waals surface area contributed by atoms with Crippen LogP contribution in [-0.2, 0) is 14.3 Å². The Kier molecular flexibility index (Phi) is 5.81. The summed E-state index contributed by atoms with van der Waals surface area (Å²) in [5.41, 5.74) is -0.307. The second kappa shape index (κ2) is 7.59. The molecule has 0 saturated heterocycles. The molecule has 1 aromatic carbocycles. The smallest absolute Gasteiger partial charge is 0.339 e. The Morgan fingerprint density at radius 1 is 1.19 bits per heavy atom. The zero-order chi connectivity index (χ0) is 15.8. The van der Waals surface area contributed by atoms with Crippen molar-refractivity contribution in [3.8, 4) is 0 Å². The number of rotatable bonds is 7. The lowest BCUT2D eigenvalue weighted by atomic mass is 10.0. The van der Waals surface area contributed by atoms with Gasteiger partial charge >= 0.3 is 17.9 Å². The monoisotopic (exact) mass is 292 g/mol. The quantitative estimate of drug-likeness (QED) is 0.347. The van der Waals surface area contributed by atoms with E-state index in [1.807, 2.05) is 0 Å². The highest BCUT2D eigenvalue weighted by Crippen LogP contribution is 2.12. The molecule has 0 unspecified atom stereocenters. The van der Waals surface area contributed by atoms with E-state index in [-0.39, 0.29) is 29.9 Å². The molecule has 1 aromatic rings. The van der Waals surface area contributed by atoms with Crippen LogP contribution in [0.5, 0.6) is 0 Å². The summed E-state index contributed by atoms with van der Waals surface area (Å²) in [7, 11) is 0. The molecule has 0 radical (unpaired) electrons. The molecular weight excluding hydrogens is 280 g/mol. The van der Waals surface area contributed by atoms with Gasteiger partial charge in [0.15, 0.2) is 6.29 Å². The molecule has 0 aromatic heterocycles. The summed E-state index contributed by atoms with van der Waals surface area (Å²) in [5, 5.41) is 8.85. The average molecular weight is 292 g/mol. The van der Waals surface area contributed by atoms with Gasteiger partial charge in [0.05, 0.1) is 11.1 Å². The van der Waals surface area contributed by atoms with E-state index in [1.165, 1.54) is 12.1 Å². The van der Waals surface area contributed by atoms with E-state index in [9.17, 15) is 19.2 Å². The van der Waals surface area contributed by atoms with Gasteiger partial charge in [0.2, 0.25) is 0 Å². The minimum Gasteiger partial charge on any atom is -0.478 e. The summed E-state index contributed by atoms with van der Waals surface area (Å²) < 4.78 is 9.40. The molecule has 0 heterocycles. The highest BCUT2D eigenvalue weighted by Gasteiger charge is 2.16. The number of hydrogen-bond acceptors (Lipinski definition) is 6. The van der Waals surface area contributed by atoms with Crippen molar-refractivity contribution in [1.29, 1.82) is 0 Å². The van der Waals surface area contributed by atoms with Gasteiger partial charge in [0.25, 0.3) is 0 Å². The standard InChI is InChI=1S/C14H12O7/c1-2-12(16)20-5-6-21-14(19)11-7-9(13(17)18)3-4-10(11)8-15/h2-4,7-8H,1,5-6H2,(H,17,18). The number of benzene rings is 1. The largest absolute Gasteiger partial charge is 0.478 e. The number of carbonyl (C=O) groups excluding carboxylic acids is 3. The first-order chi connectivity index (χ1) is 9.99. The Bertz CT molecular complexity index is 589. The number of aldehydes is 1. The molecule has 0 spiro atoms. The third kappa shape index (κ3) is 4.57. The van der Waals surface area contributed by atoms with Gasteiger partial charge in [-0.2, -0.15) is 0 Å². The third-order valence-corrected chi connectivity index (χ3v) is 2.37. The Morgan fingerprint density at radius 3 is 2.43 bits per heavy atom. The predicted molar refractivity (Wildman–Crippen MR) is 70.2 cm³/mol. The Balaban J connectivity index is 2.74. The van der Waals surface area contributed by atoms with Crippen LogP contribution in [0.1, 0.15) is 31.1 Å².